The smallest absolute Gasteiger partial charge is 0.132 e. The molecular formula is C17H24N4O. The van der Waals surface area contributed by atoms with Gasteiger partial charge in [0.05, 0.1) is 24.4 Å². The van der Waals surface area contributed by atoms with Gasteiger partial charge in [0, 0.05) is 19.0 Å². The maximum atomic E-state index is 5.46. The van der Waals surface area contributed by atoms with Crippen molar-refractivity contribution in [3.05, 3.63) is 23.9 Å². The molecule has 5 nitrogen and oxygen atoms in total. The first-order valence-electron chi connectivity index (χ1n) is 8.60. The van der Waals surface area contributed by atoms with E-state index in [2.05, 4.69) is 33.4 Å². The summed E-state index contributed by atoms with van der Waals surface area (Å²) < 4.78 is 7.49. The highest BCUT2D eigenvalue weighted by Crippen LogP contribution is 2.33. The van der Waals surface area contributed by atoms with Crippen LogP contribution in [-0.4, -0.2) is 41.1 Å². The second-order valence-corrected chi connectivity index (χ2v) is 6.44. The quantitative estimate of drug-likeness (QED) is 0.800. The minimum atomic E-state index is 0.583. The molecule has 2 aliphatic rings. The van der Waals surface area contributed by atoms with Crippen molar-refractivity contribution in [2.24, 2.45) is 0 Å². The largest absolute Gasteiger partial charge is 0.378 e. The summed E-state index contributed by atoms with van der Waals surface area (Å²) in [5, 5.41) is 9.05. The first kappa shape index (κ1) is 14.0. The third-order valence-corrected chi connectivity index (χ3v) is 5.03. The van der Waals surface area contributed by atoms with Crippen LogP contribution >= 0.6 is 0 Å². The van der Waals surface area contributed by atoms with E-state index < -0.39 is 0 Å². The molecule has 2 aromatic rings. The Kier molecular flexibility index (Phi) is 3.97. The third kappa shape index (κ3) is 2.58. The summed E-state index contributed by atoms with van der Waals surface area (Å²) >= 11 is 0. The van der Waals surface area contributed by atoms with Crippen molar-refractivity contribution in [2.75, 3.05) is 31.2 Å². The van der Waals surface area contributed by atoms with E-state index in [9.17, 15) is 0 Å². The van der Waals surface area contributed by atoms with Crippen molar-refractivity contribution in [2.45, 2.75) is 44.4 Å². The molecule has 0 N–H and O–H groups in total. The van der Waals surface area contributed by atoms with Gasteiger partial charge in [-0.05, 0) is 25.0 Å². The lowest BCUT2D eigenvalue weighted by molar-refractivity contribution is 0.122. The number of anilines is 1. The lowest BCUT2D eigenvalue weighted by atomic mass is 9.96. The molecule has 118 valence electrons. The maximum Gasteiger partial charge on any atom is 0.132 e. The topological polar surface area (TPSA) is 42.7 Å². The summed E-state index contributed by atoms with van der Waals surface area (Å²) in [5.41, 5.74) is 2.40. The van der Waals surface area contributed by atoms with E-state index >= 15 is 0 Å². The molecular weight excluding hydrogens is 276 g/mol. The summed E-state index contributed by atoms with van der Waals surface area (Å²) in [5.74, 6) is 1.73. The van der Waals surface area contributed by atoms with E-state index in [4.69, 9.17) is 4.74 Å². The van der Waals surface area contributed by atoms with Crippen molar-refractivity contribution < 1.29 is 4.74 Å². The van der Waals surface area contributed by atoms with Gasteiger partial charge in [0.2, 0.25) is 0 Å². The molecule has 1 saturated carbocycles. The number of aromatic nitrogens is 3. The molecule has 0 amide bonds. The van der Waals surface area contributed by atoms with Crippen molar-refractivity contribution in [1.29, 1.82) is 0 Å². The number of pyridine rings is 1. The van der Waals surface area contributed by atoms with Gasteiger partial charge >= 0.3 is 0 Å². The van der Waals surface area contributed by atoms with E-state index in [-0.39, 0.29) is 0 Å². The van der Waals surface area contributed by atoms with Crippen LogP contribution in [0.1, 0.15) is 50.1 Å². The fourth-order valence-corrected chi connectivity index (χ4v) is 3.80. The van der Waals surface area contributed by atoms with Crippen molar-refractivity contribution >= 4 is 11.3 Å². The zero-order valence-electron chi connectivity index (χ0n) is 13.1. The molecule has 2 fully saturated rings. The number of morpholine rings is 1. The number of nitrogens with zero attached hydrogens (tertiary/aromatic N) is 4. The monoisotopic (exact) mass is 300 g/mol. The van der Waals surface area contributed by atoms with Crippen LogP contribution in [0.25, 0.3) is 5.52 Å². The van der Waals surface area contributed by atoms with E-state index in [0.29, 0.717) is 5.92 Å². The van der Waals surface area contributed by atoms with Gasteiger partial charge in [0.1, 0.15) is 5.82 Å². The molecule has 0 spiro atoms. The van der Waals surface area contributed by atoms with Crippen molar-refractivity contribution in [3.8, 4) is 0 Å². The maximum absolute atomic E-state index is 5.46. The molecule has 0 aromatic carbocycles. The standard InChI is InChI=1S/C17H24N4O/c1-2-4-7-14(6-3-1)17-15-8-5-9-16(21(15)19-18-17)20-10-12-22-13-11-20/h5,8-9,14H,1-4,6-7,10-13H2. The van der Waals surface area contributed by atoms with Crippen molar-refractivity contribution in [3.63, 3.8) is 0 Å². The normalized spacial score (nSPS) is 21.2. The third-order valence-electron chi connectivity index (χ3n) is 5.03. The van der Waals surface area contributed by atoms with Gasteiger partial charge in [-0.2, -0.15) is 4.52 Å². The predicted octanol–water partition coefficient (Wildman–Crippen LogP) is 3.00. The number of ether oxygens (including phenoxy) is 1. The zero-order valence-corrected chi connectivity index (χ0v) is 13.1. The number of fused-ring (bicyclic) bond motifs is 1. The Morgan fingerprint density at radius 2 is 1.77 bits per heavy atom. The first-order chi connectivity index (χ1) is 10.9. The highest BCUT2D eigenvalue weighted by molar-refractivity contribution is 5.58. The summed E-state index contributed by atoms with van der Waals surface area (Å²) in [6.07, 6.45) is 7.91. The average Bonchev–Trinajstić information content (AvgIpc) is 2.82. The van der Waals surface area contributed by atoms with E-state index in [0.717, 1.165) is 32.1 Å². The minimum absolute atomic E-state index is 0.583. The second kappa shape index (κ2) is 6.24. The molecule has 22 heavy (non-hydrogen) atoms. The Balaban J connectivity index is 1.69. The minimum Gasteiger partial charge on any atom is -0.378 e. The van der Waals surface area contributed by atoms with E-state index in [1.807, 2.05) is 4.52 Å². The summed E-state index contributed by atoms with van der Waals surface area (Å²) in [6, 6.07) is 6.46. The molecule has 2 aromatic heterocycles. The Labute approximate surface area is 131 Å². The van der Waals surface area contributed by atoms with Crippen LogP contribution < -0.4 is 4.90 Å². The van der Waals surface area contributed by atoms with Gasteiger partial charge in [0.25, 0.3) is 0 Å². The lowest BCUT2D eigenvalue weighted by Gasteiger charge is -2.28. The molecule has 0 unspecified atom stereocenters. The van der Waals surface area contributed by atoms with Gasteiger partial charge in [-0.15, -0.1) is 5.10 Å². The highest BCUT2D eigenvalue weighted by atomic mass is 16.5. The van der Waals surface area contributed by atoms with Gasteiger partial charge in [0.15, 0.2) is 0 Å². The molecule has 0 bridgehead atoms. The van der Waals surface area contributed by atoms with E-state index in [1.165, 1.54) is 49.7 Å². The fourth-order valence-electron chi connectivity index (χ4n) is 3.80. The lowest BCUT2D eigenvalue weighted by Crippen LogP contribution is -2.37. The number of hydrogen-bond donors (Lipinski definition) is 0. The molecule has 5 heteroatoms. The van der Waals surface area contributed by atoms with Crippen LogP contribution in [0.4, 0.5) is 5.82 Å². The Morgan fingerprint density at radius 3 is 2.55 bits per heavy atom. The SMILES string of the molecule is c1cc(N2CCOCC2)n2nnc(C3CCCCCC3)c2c1. The first-order valence-corrected chi connectivity index (χ1v) is 8.60. The Hall–Kier alpha value is -1.62. The Bertz CT molecular complexity index is 625. The van der Waals surface area contributed by atoms with Gasteiger partial charge in [-0.3, -0.25) is 0 Å². The van der Waals surface area contributed by atoms with E-state index in [1.54, 1.807) is 0 Å². The van der Waals surface area contributed by atoms with Crippen LogP contribution in [0.3, 0.4) is 0 Å². The molecule has 0 radical (unpaired) electrons. The molecule has 1 aliphatic heterocycles. The number of hydrogen-bond acceptors (Lipinski definition) is 4. The Morgan fingerprint density at radius 1 is 1.00 bits per heavy atom. The zero-order chi connectivity index (χ0) is 14.8. The number of rotatable bonds is 2. The summed E-state index contributed by atoms with van der Waals surface area (Å²) in [4.78, 5) is 2.35. The van der Waals surface area contributed by atoms with Gasteiger partial charge in [-0.1, -0.05) is 37.0 Å². The molecule has 3 heterocycles. The molecule has 0 atom stereocenters. The predicted molar refractivity (Wildman–Crippen MR) is 86.5 cm³/mol. The fraction of sp³-hybridized carbons (Fsp3) is 0.647. The van der Waals surface area contributed by atoms with Crippen LogP contribution in [0, 0.1) is 0 Å². The molecule has 1 aliphatic carbocycles. The van der Waals surface area contributed by atoms with Gasteiger partial charge in [-0.25, -0.2) is 0 Å². The summed E-state index contributed by atoms with van der Waals surface area (Å²) in [7, 11) is 0. The van der Waals surface area contributed by atoms with Crippen LogP contribution in [-0.2, 0) is 4.74 Å². The van der Waals surface area contributed by atoms with Crippen LogP contribution in [0.5, 0.6) is 0 Å². The van der Waals surface area contributed by atoms with Crippen LogP contribution in [0.15, 0.2) is 18.2 Å². The molecule has 4 rings (SSSR count). The van der Waals surface area contributed by atoms with Crippen LogP contribution in [0.2, 0.25) is 0 Å². The van der Waals surface area contributed by atoms with Gasteiger partial charge < -0.3 is 9.64 Å². The second-order valence-electron chi connectivity index (χ2n) is 6.44. The highest BCUT2D eigenvalue weighted by Gasteiger charge is 2.22. The molecule has 1 saturated heterocycles. The average molecular weight is 300 g/mol. The summed E-state index contributed by atoms with van der Waals surface area (Å²) in [6.45, 7) is 3.44. The van der Waals surface area contributed by atoms with Crippen molar-refractivity contribution in [1.82, 2.24) is 14.8 Å².